The molecule has 1 amide bonds. The maximum Gasteiger partial charge on any atom is 0.271 e. The zero-order valence-electron chi connectivity index (χ0n) is 13.7. The normalized spacial score (nSPS) is 21.1. The van der Waals surface area contributed by atoms with Gasteiger partial charge in [0, 0.05) is 5.56 Å². The van der Waals surface area contributed by atoms with E-state index in [1.165, 1.54) is 0 Å². The number of hydrazone groups is 1. The third kappa shape index (κ3) is 4.75. The Labute approximate surface area is 147 Å². The van der Waals surface area contributed by atoms with Gasteiger partial charge >= 0.3 is 0 Å². The van der Waals surface area contributed by atoms with Crippen LogP contribution in [0.1, 0.15) is 15.9 Å². The molecule has 0 heterocycles. The molecular weight excluding hydrogens is 308 g/mol. The van der Waals surface area contributed by atoms with Crippen molar-refractivity contribution >= 4 is 17.2 Å². The maximum absolute atomic E-state index is 12.1. The van der Waals surface area contributed by atoms with Crippen LogP contribution in [-0.2, 0) is 0 Å². The third-order valence-electron chi connectivity index (χ3n) is 3.63. The molecule has 3 nitrogen and oxygen atoms in total. The largest absolute Gasteiger partial charge is 0.271 e. The van der Waals surface area contributed by atoms with Gasteiger partial charge in [0.1, 0.15) is 0 Å². The van der Waals surface area contributed by atoms with Gasteiger partial charge in [-0.1, -0.05) is 78.9 Å². The fourth-order valence-corrected chi connectivity index (χ4v) is 2.34. The van der Waals surface area contributed by atoms with Gasteiger partial charge in [-0.3, -0.25) is 4.79 Å². The van der Waals surface area contributed by atoms with E-state index in [4.69, 9.17) is 0 Å². The summed E-state index contributed by atoms with van der Waals surface area (Å²) in [7, 11) is 0. The number of nitrogens with zero attached hydrogens (tertiary/aromatic N) is 1. The van der Waals surface area contributed by atoms with Crippen molar-refractivity contribution in [3.63, 3.8) is 0 Å². The van der Waals surface area contributed by atoms with Crippen molar-refractivity contribution in [1.29, 1.82) is 0 Å². The number of nitrogens with one attached hydrogen (secondary N) is 1. The molecule has 2 aromatic rings. The average molecular weight is 326 g/mol. The Hall–Kier alpha value is -3.46. The molecule has 0 bridgehead atoms. The van der Waals surface area contributed by atoms with Crippen molar-refractivity contribution in [2.75, 3.05) is 0 Å². The van der Waals surface area contributed by atoms with E-state index in [9.17, 15) is 4.79 Å². The molecule has 0 aliphatic heterocycles. The van der Waals surface area contributed by atoms with E-state index in [1.54, 1.807) is 12.1 Å². The van der Waals surface area contributed by atoms with Crippen LogP contribution in [-0.4, -0.2) is 11.6 Å². The lowest BCUT2D eigenvalue weighted by molar-refractivity contribution is 0.0955. The first-order valence-electron chi connectivity index (χ1n) is 8.04. The van der Waals surface area contributed by atoms with Gasteiger partial charge in [-0.2, -0.15) is 5.10 Å². The van der Waals surface area contributed by atoms with Crippen molar-refractivity contribution < 1.29 is 4.79 Å². The third-order valence-corrected chi connectivity index (χ3v) is 3.63. The lowest BCUT2D eigenvalue weighted by Crippen LogP contribution is -2.18. The first kappa shape index (κ1) is 16.4. The van der Waals surface area contributed by atoms with E-state index in [-0.39, 0.29) is 5.91 Å². The molecule has 3 heteroatoms. The summed E-state index contributed by atoms with van der Waals surface area (Å²) in [4.78, 5) is 12.1. The molecule has 0 saturated heterocycles. The summed E-state index contributed by atoms with van der Waals surface area (Å²) in [6.45, 7) is 0. The van der Waals surface area contributed by atoms with E-state index in [0.717, 1.165) is 11.1 Å². The molecule has 0 spiro atoms. The fourth-order valence-electron chi connectivity index (χ4n) is 2.34. The Morgan fingerprint density at radius 1 is 0.760 bits per heavy atom. The molecule has 3 rings (SSSR count). The van der Waals surface area contributed by atoms with Gasteiger partial charge in [0.2, 0.25) is 0 Å². The number of benzene rings is 2. The van der Waals surface area contributed by atoms with Gasteiger partial charge in [-0.05, 0) is 35.4 Å². The molecule has 0 radical (unpaired) electrons. The Balaban J connectivity index is 1.75. The van der Waals surface area contributed by atoms with E-state index in [2.05, 4.69) is 22.7 Å². The molecule has 25 heavy (non-hydrogen) atoms. The Bertz CT molecular complexity index is 873. The molecule has 0 fully saturated rings. The quantitative estimate of drug-likeness (QED) is 0.827. The predicted molar refractivity (Wildman–Crippen MR) is 103 cm³/mol. The topological polar surface area (TPSA) is 41.5 Å². The van der Waals surface area contributed by atoms with E-state index < -0.39 is 0 Å². The van der Waals surface area contributed by atoms with Crippen LogP contribution in [0.4, 0.5) is 0 Å². The molecule has 1 aliphatic rings. The number of rotatable bonds is 3. The summed E-state index contributed by atoms with van der Waals surface area (Å²) in [5, 5.41) is 4.18. The molecule has 1 aliphatic carbocycles. The Morgan fingerprint density at radius 2 is 1.40 bits per heavy atom. The van der Waals surface area contributed by atoms with Crippen LogP contribution < -0.4 is 5.43 Å². The van der Waals surface area contributed by atoms with Crippen LogP contribution in [0.5, 0.6) is 0 Å². The van der Waals surface area contributed by atoms with Gasteiger partial charge in [0.15, 0.2) is 0 Å². The summed E-state index contributed by atoms with van der Waals surface area (Å²) in [5.41, 5.74) is 6.08. The van der Waals surface area contributed by atoms with Crippen LogP contribution >= 0.6 is 0 Å². The van der Waals surface area contributed by atoms with Crippen LogP contribution in [0.3, 0.4) is 0 Å². The summed E-state index contributed by atoms with van der Waals surface area (Å²) in [6, 6.07) is 19.2. The average Bonchev–Trinajstić information content (AvgIpc) is 2.79. The fraction of sp³-hybridized carbons (Fsp3) is 0. The highest BCUT2D eigenvalue weighted by Gasteiger charge is 2.02. The maximum atomic E-state index is 12.1. The highest BCUT2D eigenvalue weighted by atomic mass is 16.2. The minimum absolute atomic E-state index is 0.231. The van der Waals surface area contributed by atoms with Crippen LogP contribution in [0, 0.1) is 0 Å². The molecule has 1 N–H and O–H groups in total. The number of amides is 1. The molecule has 0 atom stereocenters. The second-order valence-electron chi connectivity index (χ2n) is 5.41. The zero-order valence-corrected chi connectivity index (χ0v) is 13.7. The lowest BCUT2D eigenvalue weighted by atomic mass is 10.1. The second-order valence-corrected chi connectivity index (χ2v) is 5.41. The number of hydrogen-bond donors (Lipinski definition) is 1. The minimum atomic E-state index is -0.231. The molecular formula is C22H18N2O. The first-order chi connectivity index (χ1) is 12.3. The van der Waals surface area contributed by atoms with E-state index in [1.807, 2.05) is 78.9 Å². The van der Waals surface area contributed by atoms with E-state index in [0.29, 0.717) is 11.3 Å². The standard InChI is InChI=1S/C22H18N2O/c25-22(20-13-5-2-6-14-20)24-23-21-16-8-7-12-19(15-9-17-21)18-10-3-1-4-11-18/h1-17H,(H,24,25)/b12-7-,16-8+,17-9+,19-15+,23-21+. The zero-order chi connectivity index (χ0) is 17.3. The van der Waals surface area contributed by atoms with Crippen LogP contribution in [0.25, 0.3) is 5.57 Å². The monoisotopic (exact) mass is 326 g/mol. The second kappa shape index (κ2) is 8.41. The SMILES string of the molecule is O=C(N/N=C1\C=C\C=C/C(c2ccccc2)=C\C=C\1)c1ccccc1. The summed E-state index contributed by atoms with van der Waals surface area (Å²) < 4.78 is 0. The number of allylic oxidation sites excluding steroid dienone is 8. The number of carbonyl (C=O) groups is 1. The van der Waals surface area contributed by atoms with Crippen LogP contribution in [0.2, 0.25) is 0 Å². The van der Waals surface area contributed by atoms with Gasteiger partial charge in [-0.15, -0.1) is 0 Å². The summed E-state index contributed by atoms with van der Waals surface area (Å²) >= 11 is 0. The Kier molecular flexibility index (Phi) is 5.52. The lowest BCUT2D eigenvalue weighted by Gasteiger charge is -2.00. The van der Waals surface area contributed by atoms with E-state index >= 15 is 0 Å². The van der Waals surface area contributed by atoms with Crippen molar-refractivity contribution in [2.24, 2.45) is 5.10 Å². The summed E-state index contributed by atoms with van der Waals surface area (Å²) in [5.74, 6) is -0.231. The highest BCUT2D eigenvalue weighted by Crippen LogP contribution is 2.16. The first-order valence-corrected chi connectivity index (χ1v) is 8.04. The summed E-state index contributed by atoms with van der Waals surface area (Å²) in [6.07, 6.45) is 13.6. The smallest absolute Gasteiger partial charge is 0.267 e. The van der Waals surface area contributed by atoms with Crippen LogP contribution in [0.15, 0.2) is 108 Å². The molecule has 0 unspecified atom stereocenters. The Morgan fingerprint density at radius 3 is 2.16 bits per heavy atom. The van der Waals surface area contributed by atoms with Crippen molar-refractivity contribution in [2.45, 2.75) is 0 Å². The van der Waals surface area contributed by atoms with Gasteiger partial charge in [0.05, 0.1) is 5.71 Å². The van der Waals surface area contributed by atoms with Gasteiger partial charge in [0.25, 0.3) is 5.91 Å². The number of hydrogen-bond acceptors (Lipinski definition) is 2. The van der Waals surface area contributed by atoms with Crippen molar-refractivity contribution in [1.82, 2.24) is 5.43 Å². The minimum Gasteiger partial charge on any atom is -0.267 e. The molecule has 0 aromatic heterocycles. The molecule has 0 saturated carbocycles. The molecule has 122 valence electrons. The molecule has 2 aromatic carbocycles. The predicted octanol–water partition coefficient (Wildman–Crippen LogP) is 4.54. The van der Waals surface area contributed by atoms with Gasteiger partial charge < -0.3 is 0 Å². The van der Waals surface area contributed by atoms with Crippen molar-refractivity contribution in [3.8, 4) is 0 Å². The highest BCUT2D eigenvalue weighted by molar-refractivity contribution is 6.05. The van der Waals surface area contributed by atoms with Gasteiger partial charge in [-0.25, -0.2) is 5.43 Å². The van der Waals surface area contributed by atoms with Crippen molar-refractivity contribution in [3.05, 3.63) is 114 Å². The number of carbonyl (C=O) groups excluding carboxylic acids is 1.